The van der Waals surface area contributed by atoms with Crippen molar-refractivity contribution in [3.05, 3.63) is 158 Å². The molecule has 3 nitrogen and oxygen atoms in total. The van der Waals surface area contributed by atoms with Gasteiger partial charge in [-0.2, -0.15) is 0 Å². The molecule has 6 rings (SSSR count). The van der Waals surface area contributed by atoms with E-state index in [9.17, 15) is 5.11 Å². The number of rotatable bonds is 7. The third kappa shape index (κ3) is 6.73. The summed E-state index contributed by atoms with van der Waals surface area (Å²) < 4.78 is 5.88. The van der Waals surface area contributed by atoms with E-state index in [-0.39, 0.29) is 13.2 Å². The van der Waals surface area contributed by atoms with Crippen LogP contribution in [0.4, 0.5) is 0 Å². The molecule has 0 atom stereocenters. The van der Waals surface area contributed by atoms with Crippen LogP contribution in [0, 0.1) is 0 Å². The van der Waals surface area contributed by atoms with Crippen molar-refractivity contribution in [2.75, 3.05) is 13.2 Å². The van der Waals surface area contributed by atoms with Gasteiger partial charge in [0, 0.05) is 22.3 Å². The Morgan fingerprint density at radius 2 is 0.707 bits per heavy atom. The fourth-order valence-electron chi connectivity index (χ4n) is 4.78. The topological polar surface area (TPSA) is 49.7 Å². The van der Waals surface area contributed by atoms with Crippen LogP contribution in [-0.4, -0.2) is 23.4 Å². The third-order valence-corrected chi connectivity index (χ3v) is 6.73. The van der Waals surface area contributed by atoms with Gasteiger partial charge in [0.05, 0.1) is 6.61 Å². The third-order valence-electron chi connectivity index (χ3n) is 6.73. The molecular formula is C38H32O3. The molecule has 6 aromatic carbocycles. The normalized spacial score (nSPS) is 10.4. The maximum Gasteiger partial charge on any atom is 0.135 e. The van der Waals surface area contributed by atoms with Crippen LogP contribution in [0.3, 0.4) is 0 Å². The van der Waals surface area contributed by atoms with E-state index in [0.29, 0.717) is 5.75 Å². The summed E-state index contributed by atoms with van der Waals surface area (Å²) in [5.74, 6) is 1.15. The van der Waals surface area contributed by atoms with Gasteiger partial charge in [-0.3, -0.25) is 0 Å². The van der Waals surface area contributed by atoms with Crippen molar-refractivity contribution in [2.45, 2.75) is 0 Å². The quantitative estimate of drug-likeness (QED) is 0.214. The van der Waals surface area contributed by atoms with Crippen molar-refractivity contribution < 1.29 is 14.9 Å². The standard InChI is InChI=1S/C20H18O2.C18H14O/c21-14-15-22-20-18(16-8-3-1-4-9-16)12-7-13-19(20)17-10-5-2-6-11-17;19-18-16(14-8-3-1-4-9-14)12-7-13-17(18)15-10-5-2-6-11-15/h1-13,21H,14-15H2;1-13,19H. The van der Waals surface area contributed by atoms with Crippen LogP contribution in [-0.2, 0) is 0 Å². The highest BCUT2D eigenvalue weighted by Crippen LogP contribution is 2.39. The van der Waals surface area contributed by atoms with Gasteiger partial charge >= 0.3 is 0 Å². The van der Waals surface area contributed by atoms with E-state index in [4.69, 9.17) is 9.84 Å². The monoisotopic (exact) mass is 536 g/mol. The number of hydrogen-bond acceptors (Lipinski definition) is 3. The molecule has 0 bridgehead atoms. The number of aliphatic hydroxyl groups is 1. The molecule has 0 aromatic heterocycles. The number of benzene rings is 6. The van der Waals surface area contributed by atoms with Gasteiger partial charge in [0.2, 0.25) is 0 Å². The van der Waals surface area contributed by atoms with Gasteiger partial charge in [0.15, 0.2) is 0 Å². The lowest BCUT2D eigenvalue weighted by atomic mass is 9.97. The Bertz CT molecular complexity index is 1530. The first-order valence-electron chi connectivity index (χ1n) is 13.7. The van der Waals surface area contributed by atoms with Crippen molar-refractivity contribution in [1.82, 2.24) is 0 Å². The first-order chi connectivity index (χ1) is 20.3. The molecule has 0 saturated carbocycles. The Balaban J connectivity index is 0.000000166. The van der Waals surface area contributed by atoms with Gasteiger partial charge in [-0.25, -0.2) is 0 Å². The average molecular weight is 537 g/mol. The number of hydrogen-bond donors (Lipinski definition) is 2. The second kappa shape index (κ2) is 13.8. The second-order valence-corrected chi connectivity index (χ2v) is 9.42. The van der Waals surface area contributed by atoms with Crippen molar-refractivity contribution in [1.29, 1.82) is 0 Å². The smallest absolute Gasteiger partial charge is 0.135 e. The maximum absolute atomic E-state index is 10.5. The molecule has 41 heavy (non-hydrogen) atoms. The molecule has 0 saturated heterocycles. The fraction of sp³-hybridized carbons (Fsp3) is 0.0526. The number of phenols is 1. The fourth-order valence-corrected chi connectivity index (χ4v) is 4.78. The Labute approximate surface area is 241 Å². The number of para-hydroxylation sites is 2. The van der Waals surface area contributed by atoms with Gasteiger partial charge in [-0.15, -0.1) is 0 Å². The van der Waals surface area contributed by atoms with Crippen LogP contribution >= 0.6 is 0 Å². The molecule has 0 aliphatic carbocycles. The molecular weight excluding hydrogens is 504 g/mol. The maximum atomic E-state index is 10.5. The molecule has 0 aliphatic rings. The first kappa shape index (κ1) is 27.4. The molecule has 0 unspecified atom stereocenters. The Kier molecular flexibility index (Phi) is 9.23. The van der Waals surface area contributed by atoms with Crippen LogP contribution in [0.1, 0.15) is 0 Å². The highest BCUT2D eigenvalue weighted by atomic mass is 16.5. The Hall–Kier alpha value is -5.12. The van der Waals surface area contributed by atoms with E-state index in [1.54, 1.807) is 0 Å². The number of aliphatic hydroxyl groups excluding tert-OH is 1. The highest BCUT2D eigenvalue weighted by Gasteiger charge is 2.13. The van der Waals surface area contributed by atoms with Crippen LogP contribution in [0.25, 0.3) is 44.5 Å². The van der Waals surface area contributed by atoms with Gasteiger partial charge < -0.3 is 14.9 Å². The number of phenolic OH excluding ortho intramolecular Hbond substituents is 1. The van der Waals surface area contributed by atoms with E-state index < -0.39 is 0 Å². The van der Waals surface area contributed by atoms with Crippen LogP contribution in [0.2, 0.25) is 0 Å². The van der Waals surface area contributed by atoms with E-state index in [2.05, 4.69) is 36.4 Å². The summed E-state index contributed by atoms with van der Waals surface area (Å²) in [4.78, 5) is 0. The Morgan fingerprint density at radius 3 is 1.05 bits per heavy atom. The van der Waals surface area contributed by atoms with Gasteiger partial charge in [-0.1, -0.05) is 158 Å². The van der Waals surface area contributed by atoms with Crippen LogP contribution in [0.15, 0.2) is 158 Å². The zero-order chi connectivity index (χ0) is 28.3. The van der Waals surface area contributed by atoms with Crippen LogP contribution in [0.5, 0.6) is 11.5 Å². The molecule has 0 amide bonds. The molecule has 6 aromatic rings. The lowest BCUT2D eigenvalue weighted by Gasteiger charge is -2.16. The van der Waals surface area contributed by atoms with Crippen molar-refractivity contribution in [3.8, 4) is 56.0 Å². The zero-order valence-electron chi connectivity index (χ0n) is 22.7. The van der Waals surface area contributed by atoms with Crippen molar-refractivity contribution >= 4 is 0 Å². The number of aromatic hydroxyl groups is 1. The average Bonchev–Trinajstić information content (AvgIpc) is 3.06. The minimum Gasteiger partial charge on any atom is -0.507 e. The zero-order valence-corrected chi connectivity index (χ0v) is 22.7. The summed E-state index contributed by atoms with van der Waals surface area (Å²) in [5, 5.41) is 19.6. The predicted molar refractivity (Wildman–Crippen MR) is 169 cm³/mol. The molecule has 0 fully saturated rings. The molecule has 0 heterocycles. The molecule has 202 valence electrons. The molecule has 3 heteroatoms. The van der Waals surface area contributed by atoms with E-state index >= 15 is 0 Å². The summed E-state index contributed by atoms with van der Waals surface area (Å²) in [6.45, 7) is 0.279. The molecule has 0 aliphatic heterocycles. The van der Waals surface area contributed by atoms with Gasteiger partial charge in [0.25, 0.3) is 0 Å². The molecule has 2 N–H and O–H groups in total. The van der Waals surface area contributed by atoms with Gasteiger partial charge in [-0.05, 0) is 22.3 Å². The minimum atomic E-state index is -0.00263. The highest BCUT2D eigenvalue weighted by molar-refractivity contribution is 5.83. The summed E-state index contributed by atoms with van der Waals surface area (Å²) in [7, 11) is 0. The molecule has 0 radical (unpaired) electrons. The van der Waals surface area contributed by atoms with E-state index in [1.807, 2.05) is 121 Å². The largest absolute Gasteiger partial charge is 0.507 e. The second-order valence-electron chi connectivity index (χ2n) is 9.42. The van der Waals surface area contributed by atoms with Crippen molar-refractivity contribution in [3.63, 3.8) is 0 Å². The summed E-state index contributed by atoms with van der Waals surface area (Å²) in [6, 6.07) is 52.2. The predicted octanol–water partition coefficient (Wildman–Crippen LogP) is 9.12. The summed E-state index contributed by atoms with van der Waals surface area (Å²) in [5.41, 5.74) is 8.06. The summed E-state index contributed by atoms with van der Waals surface area (Å²) in [6.07, 6.45) is 0. The minimum absolute atomic E-state index is 0.00263. The van der Waals surface area contributed by atoms with Gasteiger partial charge in [0.1, 0.15) is 18.1 Å². The van der Waals surface area contributed by atoms with E-state index in [0.717, 1.165) is 50.3 Å². The number of ether oxygens (including phenoxy) is 1. The molecule has 0 spiro atoms. The lowest BCUT2D eigenvalue weighted by molar-refractivity contribution is 0.202. The van der Waals surface area contributed by atoms with Crippen LogP contribution < -0.4 is 4.74 Å². The Morgan fingerprint density at radius 1 is 0.390 bits per heavy atom. The van der Waals surface area contributed by atoms with Crippen molar-refractivity contribution in [2.24, 2.45) is 0 Å². The van der Waals surface area contributed by atoms with E-state index in [1.165, 1.54) is 0 Å². The lowest BCUT2D eigenvalue weighted by Crippen LogP contribution is -2.04. The SMILES string of the molecule is OCCOc1c(-c2ccccc2)cccc1-c1ccccc1.Oc1c(-c2ccccc2)cccc1-c1ccccc1. The first-order valence-corrected chi connectivity index (χ1v) is 13.7. The summed E-state index contributed by atoms with van der Waals surface area (Å²) >= 11 is 0.